The molecule has 1 fully saturated rings. The Morgan fingerprint density at radius 2 is 1.77 bits per heavy atom. The van der Waals surface area contributed by atoms with Gasteiger partial charge < -0.3 is 9.64 Å². The van der Waals surface area contributed by atoms with E-state index in [0.29, 0.717) is 6.42 Å². The highest BCUT2D eigenvalue weighted by Crippen LogP contribution is 2.27. The van der Waals surface area contributed by atoms with Crippen molar-refractivity contribution in [3.63, 3.8) is 0 Å². The zero-order valence-electron chi connectivity index (χ0n) is 15.7. The number of amides is 1. The molecule has 3 rings (SSSR count). The third kappa shape index (κ3) is 4.32. The van der Waals surface area contributed by atoms with Gasteiger partial charge in [-0.2, -0.15) is 0 Å². The van der Waals surface area contributed by atoms with Gasteiger partial charge in [-0.3, -0.25) is 9.69 Å². The quantitative estimate of drug-likeness (QED) is 0.794. The Balaban J connectivity index is 1.76. The highest BCUT2D eigenvalue weighted by atomic mass is 16.5. The molecular formula is C22H28N2O2. The number of benzene rings is 2. The maximum atomic E-state index is 12.7. The van der Waals surface area contributed by atoms with Crippen LogP contribution < -0.4 is 4.90 Å². The molecule has 2 atom stereocenters. The third-order valence-corrected chi connectivity index (χ3v) is 5.10. The zero-order valence-corrected chi connectivity index (χ0v) is 15.7. The molecule has 0 aromatic heterocycles. The summed E-state index contributed by atoms with van der Waals surface area (Å²) in [5.74, 6) is 0.153. The number of methoxy groups -OCH3 is 1. The summed E-state index contributed by atoms with van der Waals surface area (Å²) in [6.07, 6.45) is 1.41. The fraction of sp³-hybridized carbons (Fsp3) is 0.409. The Hall–Kier alpha value is -2.17. The topological polar surface area (TPSA) is 32.8 Å². The van der Waals surface area contributed by atoms with Crippen LogP contribution >= 0.6 is 0 Å². The molecule has 0 radical (unpaired) electrons. The van der Waals surface area contributed by atoms with Crippen LogP contribution in [0.3, 0.4) is 0 Å². The number of anilines is 1. The molecule has 0 spiro atoms. The van der Waals surface area contributed by atoms with Gasteiger partial charge >= 0.3 is 0 Å². The lowest BCUT2D eigenvalue weighted by Crippen LogP contribution is -2.56. The number of nitrogens with zero attached hydrogens (tertiary/aromatic N) is 2. The molecule has 1 heterocycles. The predicted molar refractivity (Wildman–Crippen MR) is 105 cm³/mol. The first-order valence-electron chi connectivity index (χ1n) is 9.39. The summed E-state index contributed by atoms with van der Waals surface area (Å²) >= 11 is 0. The lowest BCUT2D eigenvalue weighted by molar-refractivity contribution is -0.120. The van der Waals surface area contributed by atoms with Gasteiger partial charge in [-0.25, -0.2) is 0 Å². The molecule has 26 heavy (non-hydrogen) atoms. The van der Waals surface area contributed by atoms with E-state index < -0.39 is 0 Å². The van der Waals surface area contributed by atoms with Crippen LogP contribution in [-0.4, -0.2) is 43.2 Å². The largest absolute Gasteiger partial charge is 0.378 e. The number of carbonyl (C=O) groups is 1. The normalized spacial score (nSPS) is 20.7. The van der Waals surface area contributed by atoms with Crippen molar-refractivity contribution in [1.29, 1.82) is 0 Å². The standard InChI is InChI=1S/C22H28N2O2/c1-3-22(25)24(19-12-8-5-9-13-19)20-14-15-23(17-21(20)26-2)16-18-10-6-4-7-11-18/h4-13,20-21H,3,14-17H2,1-2H3. The van der Waals surface area contributed by atoms with Crippen LogP contribution in [-0.2, 0) is 16.1 Å². The Morgan fingerprint density at radius 3 is 2.38 bits per heavy atom. The fourth-order valence-corrected chi connectivity index (χ4v) is 3.76. The van der Waals surface area contributed by atoms with Crippen molar-refractivity contribution < 1.29 is 9.53 Å². The molecule has 4 heteroatoms. The summed E-state index contributed by atoms with van der Waals surface area (Å²) in [6.45, 7) is 4.63. The smallest absolute Gasteiger partial charge is 0.227 e. The molecule has 1 amide bonds. The van der Waals surface area contributed by atoms with Gasteiger partial charge in [0.1, 0.15) is 0 Å². The number of likely N-dealkylation sites (tertiary alicyclic amines) is 1. The first-order chi connectivity index (χ1) is 12.7. The first-order valence-corrected chi connectivity index (χ1v) is 9.39. The Labute approximate surface area is 156 Å². The van der Waals surface area contributed by atoms with Crippen molar-refractivity contribution >= 4 is 11.6 Å². The van der Waals surface area contributed by atoms with Gasteiger partial charge in [0, 0.05) is 38.9 Å². The number of hydrogen-bond donors (Lipinski definition) is 0. The second-order valence-electron chi connectivity index (χ2n) is 6.80. The van der Waals surface area contributed by atoms with Gasteiger partial charge in [0.25, 0.3) is 0 Å². The molecule has 0 saturated carbocycles. The second kappa shape index (κ2) is 8.97. The average molecular weight is 352 g/mol. The second-order valence-corrected chi connectivity index (χ2v) is 6.80. The van der Waals surface area contributed by atoms with E-state index in [1.807, 2.05) is 48.2 Å². The molecule has 2 aromatic rings. The van der Waals surface area contributed by atoms with E-state index in [9.17, 15) is 4.79 Å². The maximum absolute atomic E-state index is 12.7. The lowest BCUT2D eigenvalue weighted by Gasteiger charge is -2.43. The Morgan fingerprint density at radius 1 is 1.12 bits per heavy atom. The van der Waals surface area contributed by atoms with Gasteiger partial charge in [-0.05, 0) is 24.1 Å². The van der Waals surface area contributed by atoms with Crippen LogP contribution in [0.2, 0.25) is 0 Å². The lowest BCUT2D eigenvalue weighted by atomic mass is 9.98. The molecule has 0 bridgehead atoms. The van der Waals surface area contributed by atoms with E-state index >= 15 is 0 Å². The number of rotatable bonds is 6. The summed E-state index contributed by atoms with van der Waals surface area (Å²) in [6, 6.07) is 20.6. The first kappa shape index (κ1) is 18.6. The van der Waals surface area contributed by atoms with Crippen molar-refractivity contribution in [1.82, 2.24) is 4.90 Å². The van der Waals surface area contributed by atoms with Crippen LogP contribution in [0, 0.1) is 0 Å². The molecule has 0 aliphatic carbocycles. The summed E-state index contributed by atoms with van der Waals surface area (Å²) in [5.41, 5.74) is 2.27. The molecule has 1 saturated heterocycles. The molecule has 2 unspecified atom stereocenters. The molecule has 2 aromatic carbocycles. The van der Waals surface area contributed by atoms with Crippen LogP contribution in [0.1, 0.15) is 25.3 Å². The summed E-state index contributed by atoms with van der Waals surface area (Å²) in [5, 5.41) is 0. The number of hydrogen-bond acceptors (Lipinski definition) is 3. The van der Waals surface area contributed by atoms with E-state index in [2.05, 4.69) is 29.2 Å². The monoisotopic (exact) mass is 352 g/mol. The number of ether oxygens (including phenoxy) is 1. The van der Waals surface area contributed by atoms with E-state index in [4.69, 9.17) is 4.74 Å². The Kier molecular flexibility index (Phi) is 6.42. The van der Waals surface area contributed by atoms with Gasteiger partial charge in [-0.1, -0.05) is 55.5 Å². The van der Waals surface area contributed by atoms with Gasteiger partial charge in [0.2, 0.25) is 5.91 Å². The minimum Gasteiger partial charge on any atom is -0.378 e. The minimum atomic E-state index is 0.00293. The van der Waals surface area contributed by atoms with Crippen molar-refractivity contribution in [2.24, 2.45) is 0 Å². The SMILES string of the molecule is CCC(=O)N(c1ccccc1)C1CCN(Cc2ccccc2)CC1OC. The van der Waals surface area contributed by atoms with E-state index in [1.165, 1.54) is 5.56 Å². The molecule has 0 N–H and O–H groups in total. The van der Waals surface area contributed by atoms with Crippen LogP contribution in [0.15, 0.2) is 60.7 Å². The predicted octanol–water partition coefficient (Wildman–Crippen LogP) is 3.72. The molecule has 138 valence electrons. The fourth-order valence-electron chi connectivity index (χ4n) is 3.76. The van der Waals surface area contributed by atoms with Gasteiger partial charge in [-0.15, -0.1) is 0 Å². The molecular weight excluding hydrogens is 324 g/mol. The minimum absolute atomic E-state index is 0.00293. The number of carbonyl (C=O) groups excluding carboxylic acids is 1. The highest BCUT2D eigenvalue weighted by Gasteiger charge is 2.36. The molecule has 1 aliphatic rings. The summed E-state index contributed by atoms with van der Waals surface area (Å²) in [4.78, 5) is 17.1. The van der Waals surface area contributed by atoms with Crippen molar-refractivity contribution in [2.45, 2.75) is 38.5 Å². The van der Waals surface area contributed by atoms with Gasteiger partial charge in [0.05, 0.1) is 12.1 Å². The molecule has 4 nitrogen and oxygen atoms in total. The number of piperidine rings is 1. The third-order valence-electron chi connectivity index (χ3n) is 5.10. The van der Waals surface area contributed by atoms with Gasteiger partial charge in [0.15, 0.2) is 0 Å². The van der Waals surface area contributed by atoms with E-state index in [-0.39, 0.29) is 18.1 Å². The Bertz CT molecular complexity index is 690. The van der Waals surface area contributed by atoms with E-state index in [1.54, 1.807) is 7.11 Å². The number of para-hydroxylation sites is 1. The highest BCUT2D eigenvalue weighted by molar-refractivity contribution is 5.93. The summed E-state index contributed by atoms with van der Waals surface area (Å²) in [7, 11) is 1.75. The van der Waals surface area contributed by atoms with E-state index in [0.717, 1.165) is 31.7 Å². The average Bonchev–Trinajstić information content (AvgIpc) is 2.70. The van der Waals surface area contributed by atoms with Crippen molar-refractivity contribution in [3.05, 3.63) is 66.2 Å². The van der Waals surface area contributed by atoms with Crippen LogP contribution in [0.5, 0.6) is 0 Å². The zero-order chi connectivity index (χ0) is 18.4. The molecule has 1 aliphatic heterocycles. The van der Waals surface area contributed by atoms with Crippen LogP contribution in [0.25, 0.3) is 0 Å². The summed E-state index contributed by atoms with van der Waals surface area (Å²) < 4.78 is 5.83. The van der Waals surface area contributed by atoms with Crippen LogP contribution in [0.4, 0.5) is 5.69 Å². The van der Waals surface area contributed by atoms with Crippen molar-refractivity contribution in [3.8, 4) is 0 Å². The maximum Gasteiger partial charge on any atom is 0.227 e. The van der Waals surface area contributed by atoms with Crippen molar-refractivity contribution in [2.75, 3.05) is 25.1 Å².